The fourth-order valence-electron chi connectivity index (χ4n) is 1.41. The lowest BCUT2D eigenvalue weighted by Crippen LogP contribution is -1.99. The Morgan fingerprint density at radius 2 is 1.88 bits per heavy atom. The summed E-state index contributed by atoms with van der Waals surface area (Å²) in [4.78, 5) is 0. The summed E-state index contributed by atoms with van der Waals surface area (Å²) in [6.45, 7) is 1.68. The zero-order valence-corrected chi connectivity index (χ0v) is 10.00. The van der Waals surface area contributed by atoms with E-state index in [2.05, 4.69) is 10.3 Å². The van der Waals surface area contributed by atoms with Crippen molar-refractivity contribution in [3.05, 3.63) is 39.6 Å². The molecule has 84 valence electrons. The highest BCUT2D eigenvalue weighted by molar-refractivity contribution is 6.34. The number of halogens is 2. The van der Waals surface area contributed by atoms with Gasteiger partial charge in [-0.2, -0.15) is 0 Å². The number of hydrogen-bond donors (Lipinski definition) is 1. The molecule has 2 rings (SSSR count). The largest absolute Gasteiger partial charge is 0.390 e. The molecular formula is C10H9Cl2N3O. The van der Waals surface area contributed by atoms with E-state index in [0.717, 1.165) is 11.4 Å². The third-order valence-corrected chi connectivity index (χ3v) is 2.67. The summed E-state index contributed by atoms with van der Waals surface area (Å²) in [6.07, 6.45) is 0. The Balaban J connectivity index is 2.54. The van der Waals surface area contributed by atoms with Gasteiger partial charge in [0.05, 0.1) is 18.0 Å². The van der Waals surface area contributed by atoms with Gasteiger partial charge < -0.3 is 5.11 Å². The summed E-state index contributed by atoms with van der Waals surface area (Å²) >= 11 is 11.8. The Labute approximate surface area is 102 Å². The SMILES string of the molecule is Cc1c(CO)nnn1-c1cc(Cl)cc(Cl)c1. The molecule has 0 amide bonds. The van der Waals surface area contributed by atoms with Crippen LogP contribution >= 0.6 is 23.2 Å². The molecule has 0 saturated heterocycles. The van der Waals surface area contributed by atoms with Crippen molar-refractivity contribution in [2.75, 3.05) is 0 Å². The summed E-state index contributed by atoms with van der Waals surface area (Å²) in [5, 5.41) is 17.9. The fourth-order valence-corrected chi connectivity index (χ4v) is 1.93. The number of aromatic nitrogens is 3. The van der Waals surface area contributed by atoms with Crippen LogP contribution in [-0.2, 0) is 6.61 Å². The zero-order valence-electron chi connectivity index (χ0n) is 8.48. The molecule has 1 N–H and O–H groups in total. The van der Waals surface area contributed by atoms with Crippen molar-refractivity contribution in [2.45, 2.75) is 13.5 Å². The normalized spacial score (nSPS) is 10.8. The van der Waals surface area contributed by atoms with Gasteiger partial charge in [0.2, 0.25) is 0 Å². The first-order chi connectivity index (χ1) is 7.61. The first-order valence-electron chi connectivity index (χ1n) is 4.60. The fraction of sp³-hybridized carbons (Fsp3) is 0.200. The third kappa shape index (κ3) is 2.04. The molecule has 0 aliphatic rings. The van der Waals surface area contributed by atoms with Crippen LogP contribution in [0.5, 0.6) is 0 Å². The summed E-state index contributed by atoms with van der Waals surface area (Å²) < 4.78 is 1.59. The Hall–Kier alpha value is -1.10. The predicted octanol–water partition coefficient (Wildman–Crippen LogP) is 2.37. The molecule has 0 spiro atoms. The van der Waals surface area contributed by atoms with Crippen molar-refractivity contribution in [3.8, 4) is 5.69 Å². The number of rotatable bonds is 2. The van der Waals surface area contributed by atoms with Gasteiger partial charge in [-0.15, -0.1) is 5.10 Å². The quantitative estimate of drug-likeness (QED) is 0.899. The highest BCUT2D eigenvalue weighted by Gasteiger charge is 2.09. The van der Waals surface area contributed by atoms with E-state index in [9.17, 15) is 0 Å². The lowest BCUT2D eigenvalue weighted by molar-refractivity contribution is 0.276. The van der Waals surface area contributed by atoms with E-state index in [1.807, 2.05) is 6.92 Å². The molecule has 0 atom stereocenters. The molecule has 0 aliphatic heterocycles. The molecule has 1 aromatic carbocycles. The van der Waals surface area contributed by atoms with E-state index in [0.29, 0.717) is 15.7 Å². The second-order valence-electron chi connectivity index (χ2n) is 3.32. The van der Waals surface area contributed by atoms with Gasteiger partial charge in [-0.25, -0.2) is 4.68 Å². The maximum Gasteiger partial charge on any atom is 0.111 e. The number of benzene rings is 1. The van der Waals surface area contributed by atoms with Crippen LogP contribution in [0.4, 0.5) is 0 Å². The van der Waals surface area contributed by atoms with E-state index >= 15 is 0 Å². The Morgan fingerprint density at radius 1 is 1.25 bits per heavy atom. The van der Waals surface area contributed by atoms with Gasteiger partial charge in [0, 0.05) is 10.0 Å². The van der Waals surface area contributed by atoms with E-state index < -0.39 is 0 Å². The molecule has 0 saturated carbocycles. The second-order valence-corrected chi connectivity index (χ2v) is 4.19. The Morgan fingerprint density at radius 3 is 2.38 bits per heavy atom. The van der Waals surface area contributed by atoms with Crippen molar-refractivity contribution in [1.29, 1.82) is 0 Å². The van der Waals surface area contributed by atoms with Gasteiger partial charge in [-0.3, -0.25) is 0 Å². The minimum Gasteiger partial charge on any atom is -0.390 e. The van der Waals surface area contributed by atoms with Crippen LogP contribution in [0.15, 0.2) is 18.2 Å². The maximum absolute atomic E-state index is 9.02. The number of aliphatic hydroxyl groups is 1. The van der Waals surface area contributed by atoms with Gasteiger partial charge in [0.15, 0.2) is 0 Å². The number of aliphatic hydroxyl groups excluding tert-OH is 1. The second kappa shape index (κ2) is 4.41. The molecule has 1 heterocycles. The number of nitrogens with zero attached hydrogens (tertiary/aromatic N) is 3. The summed E-state index contributed by atoms with van der Waals surface area (Å²) in [6, 6.07) is 5.11. The van der Waals surface area contributed by atoms with Crippen molar-refractivity contribution >= 4 is 23.2 Å². The van der Waals surface area contributed by atoms with Crippen molar-refractivity contribution in [2.24, 2.45) is 0 Å². The van der Waals surface area contributed by atoms with E-state index in [-0.39, 0.29) is 6.61 Å². The summed E-state index contributed by atoms with van der Waals surface area (Å²) in [5.74, 6) is 0. The van der Waals surface area contributed by atoms with Gasteiger partial charge in [0.25, 0.3) is 0 Å². The van der Waals surface area contributed by atoms with Gasteiger partial charge >= 0.3 is 0 Å². The molecule has 0 fully saturated rings. The topological polar surface area (TPSA) is 50.9 Å². The smallest absolute Gasteiger partial charge is 0.111 e. The van der Waals surface area contributed by atoms with Gasteiger partial charge in [-0.05, 0) is 25.1 Å². The monoisotopic (exact) mass is 257 g/mol. The van der Waals surface area contributed by atoms with Gasteiger partial charge in [0.1, 0.15) is 5.69 Å². The predicted molar refractivity (Wildman–Crippen MR) is 62.0 cm³/mol. The lowest BCUT2D eigenvalue weighted by Gasteiger charge is -2.04. The van der Waals surface area contributed by atoms with Crippen LogP contribution in [0.2, 0.25) is 10.0 Å². The van der Waals surface area contributed by atoms with Crippen LogP contribution in [0, 0.1) is 6.92 Å². The van der Waals surface area contributed by atoms with Crippen molar-refractivity contribution in [1.82, 2.24) is 15.0 Å². The standard InChI is InChI=1S/C10H9Cl2N3O/c1-6-10(5-16)13-14-15(6)9-3-7(11)2-8(12)4-9/h2-4,16H,5H2,1H3. The van der Waals surface area contributed by atoms with Crippen LogP contribution in [0.25, 0.3) is 5.69 Å². The summed E-state index contributed by atoms with van der Waals surface area (Å²) in [5.41, 5.74) is 2.03. The molecule has 0 aliphatic carbocycles. The van der Waals surface area contributed by atoms with E-state index in [4.69, 9.17) is 28.3 Å². The highest BCUT2D eigenvalue weighted by atomic mass is 35.5. The third-order valence-electron chi connectivity index (χ3n) is 2.23. The van der Waals surface area contributed by atoms with Crippen molar-refractivity contribution in [3.63, 3.8) is 0 Å². The summed E-state index contributed by atoms with van der Waals surface area (Å²) in [7, 11) is 0. The minimum absolute atomic E-state index is 0.139. The molecule has 16 heavy (non-hydrogen) atoms. The van der Waals surface area contributed by atoms with Crippen LogP contribution in [0.3, 0.4) is 0 Å². The number of hydrogen-bond acceptors (Lipinski definition) is 3. The Kier molecular flexibility index (Phi) is 3.14. The van der Waals surface area contributed by atoms with Crippen LogP contribution in [-0.4, -0.2) is 20.1 Å². The lowest BCUT2D eigenvalue weighted by atomic mass is 10.3. The molecule has 1 aromatic heterocycles. The first-order valence-corrected chi connectivity index (χ1v) is 5.36. The molecule has 0 radical (unpaired) electrons. The van der Waals surface area contributed by atoms with Gasteiger partial charge in [-0.1, -0.05) is 28.4 Å². The van der Waals surface area contributed by atoms with E-state index in [1.54, 1.807) is 22.9 Å². The first kappa shape index (κ1) is 11.4. The molecule has 4 nitrogen and oxygen atoms in total. The molecule has 6 heteroatoms. The van der Waals surface area contributed by atoms with Crippen LogP contribution < -0.4 is 0 Å². The maximum atomic E-state index is 9.02. The Bertz CT molecular complexity index is 505. The minimum atomic E-state index is -0.139. The zero-order chi connectivity index (χ0) is 11.7. The average molecular weight is 258 g/mol. The average Bonchev–Trinajstić information content (AvgIpc) is 2.58. The molecule has 2 aromatic rings. The van der Waals surface area contributed by atoms with E-state index in [1.165, 1.54) is 0 Å². The highest BCUT2D eigenvalue weighted by Crippen LogP contribution is 2.22. The molecule has 0 bridgehead atoms. The van der Waals surface area contributed by atoms with Crippen molar-refractivity contribution < 1.29 is 5.11 Å². The molecular weight excluding hydrogens is 249 g/mol. The van der Waals surface area contributed by atoms with Crippen LogP contribution in [0.1, 0.15) is 11.4 Å². The molecule has 0 unspecified atom stereocenters.